The molecule has 2 aromatic carbocycles. The summed E-state index contributed by atoms with van der Waals surface area (Å²) in [6.07, 6.45) is 14.8. The molecule has 1 aliphatic carbocycles. The zero-order chi connectivity index (χ0) is 30.0. The fourth-order valence-corrected chi connectivity index (χ4v) is 7.70. The zero-order valence-electron chi connectivity index (χ0n) is 26.2. The molecule has 6 heteroatoms. The third kappa shape index (κ3) is 6.78. The fraction of sp³-hybridized carbons (Fsp3) is 0.289. The first-order chi connectivity index (χ1) is 20.8. The minimum Gasteiger partial charge on any atom is -0.500 e. The van der Waals surface area contributed by atoms with Crippen molar-refractivity contribution in [2.24, 2.45) is 5.92 Å². The van der Waals surface area contributed by atoms with Crippen LogP contribution in [-0.4, -0.2) is 23.0 Å². The summed E-state index contributed by atoms with van der Waals surface area (Å²) < 4.78 is 6.12. The van der Waals surface area contributed by atoms with Gasteiger partial charge < -0.3 is 19.4 Å². The van der Waals surface area contributed by atoms with Crippen LogP contribution in [0.1, 0.15) is 43.4 Å². The molecule has 0 spiro atoms. The molecule has 7 rings (SSSR count). The molecule has 1 radical (unpaired) electrons. The number of nitrogens with zero attached hydrogens (tertiary/aromatic N) is 3. The van der Waals surface area contributed by atoms with E-state index in [1.54, 1.807) is 0 Å². The van der Waals surface area contributed by atoms with Gasteiger partial charge in [0, 0.05) is 37.9 Å². The van der Waals surface area contributed by atoms with E-state index in [4.69, 9.17) is 4.42 Å². The fourth-order valence-electron chi connectivity index (χ4n) is 6.11. The number of hydrogen-bond acceptors (Lipinski definition) is 4. The third-order valence-electron chi connectivity index (χ3n) is 8.15. The molecule has 227 valence electrons. The topological polar surface area (TPSA) is 51.8 Å². The average Bonchev–Trinajstić information content (AvgIpc) is 3.40. The Labute approximate surface area is 275 Å². The summed E-state index contributed by atoms with van der Waals surface area (Å²) in [5.41, 5.74) is 9.94. The molecule has 0 saturated heterocycles. The van der Waals surface area contributed by atoms with Gasteiger partial charge in [-0.15, -0.1) is 35.9 Å². The van der Waals surface area contributed by atoms with E-state index in [2.05, 4.69) is 91.2 Å². The SMILES string of the molecule is CC(C)Cc1cc(-c2[c-]cccc2)ncc1[Si](C)(C)C.[Ir].[c-]1ncc2c(oc3ccccc32)c1-c1nccc2c1CCCC2. The summed E-state index contributed by atoms with van der Waals surface area (Å²) >= 11 is 0. The molecule has 4 nitrogen and oxygen atoms in total. The van der Waals surface area contributed by atoms with Crippen LogP contribution in [-0.2, 0) is 39.4 Å². The van der Waals surface area contributed by atoms with Crippen molar-refractivity contribution in [3.8, 4) is 22.5 Å². The summed E-state index contributed by atoms with van der Waals surface area (Å²) in [5, 5.41) is 3.62. The van der Waals surface area contributed by atoms with Gasteiger partial charge in [-0.05, 0) is 84.5 Å². The number of rotatable bonds is 5. The number of para-hydroxylation sites is 1. The molecular formula is C38H39IrN3OSi-2. The second-order valence-corrected chi connectivity index (χ2v) is 18.0. The van der Waals surface area contributed by atoms with Crippen molar-refractivity contribution < 1.29 is 24.5 Å². The number of benzene rings is 2. The normalized spacial score (nSPS) is 12.9. The summed E-state index contributed by atoms with van der Waals surface area (Å²) in [6, 6.07) is 23.8. The predicted octanol–water partition coefficient (Wildman–Crippen LogP) is 9.01. The van der Waals surface area contributed by atoms with E-state index in [1.807, 2.05) is 48.8 Å². The maximum Gasteiger partial charge on any atom is 0.121 e. The Bertz CT molecular complexity index is 1880. The number of hydrogen-bond donors (Lipinski definition) is 0. The predicted molar refractivity (Wildman–Crippen MR) is 180 cm³/mol. The van der Waals surface area contributed by atoms with E-state index in [9.17, 15) is 0 Å². The Morgan fingerprint density at radius 1 is 0.909 bits per heavy atom. The van der Waals surface area contributed by atoms with Crippen LogP contribution in [0.4, 0.5) is 0 Å². The Balaban J connectivity index is 0.000000173. The first-order valence-electron chi connectivity index (χ1n) is 15.4. The van der Waals surface area contributed by atoms with Crippen molar-refractivity contribution in [3.05, 3.63) is 108 Å². The monoisotopic (exact) mass is 774 g/mol. The molecular weight excluding hydrogens is 735 g/mol. The molecule has 0 bridgehead atoms. The molecule has 0 atom stereocenters. The van der Waals surface area contributed by atoms with E-state index < -0.39 is 8.07 Å². The molecule has 0 fully saturated rings. The van der Waals surface area contributed by atoms with Gasteiger partial charge in [0.05, 0.1) is 13.7 Å². The van der Waals surface area contributed by atoms with E-state index in [1.165, 1.54) is 34.7 Å². The number of furan rings is 1. The van der Waals surface area contributed by atoms with Crippen LogP contribution in [0.5, 0.6) is 0 Å². The number of aromatic nitrogens is 3. The van der Waals surface area contributed by atoms with E-state index in [-0.39, 0.29) is 20.1 Å². The van der Waals surface area contributed by atoms with Gasteiger partial charge in [-0.2, -0.15) is 0 Å². The van der Waals surface area contributed by atoms with Crippen LogP contribution >= 0.6 is 0 Å². The maximum atomic E-state index is 6.12. The van der Waals surface area contributed by atoms with Crippen molar-refractivity contribution in [2.45, 2.75) is 65.6 Å². The molecule has 4 heterocycles. The largest absolute Gasteiger partial charge is 0.500 e. The van der Waals surface area contributed by atoms with Crippen LogP contribution in [0.25, 0.3) is 44.5 Å². The summed E-state index contributed by atoms with van der Waals surface area (Å²) in [7, 11) is -1.34. The summed E-state index contributed by atoms with van der Waals surface area (Å²) in [5.74, 6) is 0.667. The standard InChI is InChI=1S/C20H15N2O.C18H24NSi.Ir/c1-2-6-14-13(5-1)9-10-22-19(14)17-12-21-11-16-15-7-3-4-8-18(15)23-20(16)17;1-14(2)11-16-12-17(15-9-7-6-8-10-15)19-13-18(16)20(3,4)5;/h3-4,7-11H,1-2,5-6H2;6-9,12-14H,11H2,1-5H3;/q2*-1;. The van der Waals surface area contributed by atoms with Crippen LogP contribution in [0.3, 0.4) is 0 Å². The van der Waals surface area contributed by atoms with Gasteiger partial charge in [-0.1, -0.05) is 80.0 Å². The molecule has 0 amide bonds. The summed E-state index contributed by atoms with van der Waals surface area (Å²) in [6.45, 7) is 11.7. The van der Waals surface area contributed by atoms with Crippen LogP contribution < -0.4 is 5.19 Å². The van der Waals surface area contributed by atoms with Crippen molar-refractivity contribution in [1.82, 2.24) is 15.0 Å². The van der Waals surface area contributed by atoms with E-state index in [0.29, 0.717) is 5.92 Å². The number of fused-ring (bicyclic) bond motifs is 4. The molecule has 0 unspecified atom stereocenters. The first-order valence-corrected chi connectivity index (χ1v) is 18.9. The Hall–Kier alpha value is -3.44. The van der Waals surface area contributed by atoms with Crippen LogP contribution in [0, 0.1) is 18.2 Å². The van der Waals surface area contributed by atoms with Crippen LogP contribution in [0.15, 0.2) is 83.7 Å². The quantitative estimate of drug-likeness (QED) is 0.130. The average molecular weight is 774 g/mol. The molecule has 0 saturated carbocycles. The minimum atomic E-state index is -1.34. The molecule has 44 heavy (non-hydrogen) atoms. The molecule has 0 N–H and O–H groups in total. The van der Waals surface area contributed by atoms with Gasteiger partial charge >= 0.3 is 0 Å². The van der Waals surface area contributed by atoms with Crippen molar-refractivity contribution >= 4 is 35.2 Å². The van der Waals surface area contributed by atoms with Gasteiger partial charge in [0.2, 0.25) is 0 Å². The van der Waals surface area contributed by atoms with Gasteiger partial charge in [0.1, 0.15) is 5.58 Å². The van der Waals surface area contributed by atoms with E-state index >= 15 is 0 Å². The Morgan fingerprint density at radius 2 is 1.70 bits per heavy atom. The van der Waals surface area contributed by atoms with Crippen molar-refractivity contribution in [3.63, 3.8) is 0 Å². The van der Waals surface area contributed by atoms with Crippen LogP contribution in [0.2, 0.25) is 19.6 Å². The minimum absolute atomic E-state index is 0. The zero-order valence-corrected chi connectivity index (χ0v) is 29.6. The number of pyridine rings is 3. The molecule has 4 aromatic heterocycles. The Kier molecular flexibility index (Phi) is 9.94. The van der Waals surface area contributed by atoms with Gasteiger partial charge in [0.15, 0.2) is 0 Å². The van der Waals surface area contributed by atoms with Crippen molar-refractivity contribution in [2.75, 3.05) is 0 Å². The van der Waals surface area contributed by atoms with Crippen molar-refractivity contribution in [1.29, 1.82) is 0 Å². The second kappa shape index (κ2) is 13.7. The third-order valence-corrected chi connectivity index (χ3v) is 10.2. The maximum absolute atomic E-state index is 6.12. The second-order valence-electron chi connectivity index (χ2n) is 12.9. The Morgan fingerprint density at radius 3 is 2.48 bits per heavy atom. The summed E-state index contributed by atoms with van der Waals surface area (Å²) in [4.78, 5) is 13.7. The number of aryl methyl sites for hydroxylation is 1. The molecule has 1 aliphatic rings. The first kappa shape index (κ1) is 32.0. The molecule has 0 aliphatic heterocycles. The van der Waals surface area contributed by atoms with Gasteiger partial charge in [-0.3, -0.25) is 0 Å². The van der Waals surface area contributed by atoms with Gasteiger partial charge in [0.25, 0.3) is 0 Å². The van der Waals surface area contributed by atoms with Gasteiger partial charge in [-0.25, -0.2) is 0 Å². The molecule has 6 aromatic rings. The smallest absolute Gasteiger partial charge is 0.121 e. The van der Waals surface area contributed by atoms with E-state index in [0.717, 1.165) is 63.7 Å².